The summed E-state index contributed by atoms with van der Waals surface area (Å²) in [5, 5.41) is 12.7. The van der Waals surface area contributed by atoms with E-state index in [2.05, 4.69) is 25.5 Å². The number of halogens is 1. The van der Waals surface area contributed by atoms with Gasteiger partial charge >= 0.3 is 0 Å². The number of aromatic nitrogens is 5. The lowest BCUT2D eigenvalue weighted by Gasteiger charge is -2.10. The van der Waals surface area contributed by atoms with Crippen LogP contribution >= 0.6 is 23.4 Å². The van der Waals surface area contributed by atoms with E-state index in [-0.39, 0.29) is 5.91 Å². The van der Waals surface area contributed by atoms with Gasteiger partial charge in [0.15, 0.2) is 0 Å². The van der Waals surface area contributed by atoms with Gasteiger partial charge in [-0.05, 0) is 51.1 Å². The molecule has 0 fully saturated rings. The molecule has 1 amide bonds. The molecule has 0 saturated heterocycles. The number of benzene rings is 2. The lowest BCUT2D eigenvalue weighted by atomic mass is 10.1. The van der Waals surface area contributed by atoms with Crippen LogP contribution < -0.4 is 5.32 Å². The highest BCUT2D eigenvalue weighted by Crippen LogP contribution is 2.33. The maximum atomic E-state index is 13.1. The van der Waals surface area contributed by atoms with E-state index in [9.17, 15) is 4.79 Å². The van der Waals surface area contributed by atoms with Gasteiger partial charge in [-0.3, -0.25) is 4.79 Å². The summed E-state index contributed by atoms with van der Waals surface area (Å²) in [6.07, 6.45) is 1.49. The number of hydrogen-bond donors (Lipinski definition) is 1. The number of nitrogens with zero attached hydrogens (tertiary/aromatic N) is 5. The number of fused-ring (bicyclic) bond motifs is 1. The molecule has 34 heavy (non-hydrogen) atoms. The zero-order valence-electron chi connectivity index (χ0n) is 18.5. The van der Waals surface area contributed by atoms with Gasteiger partial charge in [-0.1, -0.05) is 46.7 Å². The molecule has 5 aromatic rings. The summed E-state index contributed by atoms with van der Waals surface area (Å²) >= 11 is 7.87. The molecular formula is C24H19ClN6O2S. The summed E-state index contributed by atoms with van der Waals surface area (Å²) in [5.41, 5.74) is 3.99. The Morgan fingerprint density at radius 3 is 2.62 bits per heavy atom. The molecule has 0 saturated carbocycles. The van der Waals surface area contributed by atoms with E-state index in [1.165, 1.54) is 6.33 Å². The van der Waals surface area contributed by atoms with Crippen molar-refractivity contribution in [1.82, 2.24) is 24.7 Å². The lowest BCUT2D eigenvalue weighted by Crippen LogP contribution is -2.13. The average Bonchev–Trinajstić information content (AvgIpc) is 3.44. The van der Waals surface area contributed by atoms with Crippen LogP contribution in [0.3, 0.4) is 0 Å². The molecule has 0 aliphatic rings. The van der Waals surface area contributed by atoms with Crippen LogP contribution in [0.4, 0.5) is 5.69 Å². The van der Waals surface area contributed by atoms with E-state index >= 15 is 0 Å². The van der Waals surface area contributed by atoms with Crippen molar-refractivity contribution >= 4 is 40.7 Å². The molecule has 0 aliphatic carbocycles. The molecule has 2 aromatic carbocycles. The van der Waals surface area contributed by atoms with Gasteiger partial charge in [0.05, 0.1) is 5.02 Å². The largest absolute Gasteiger partial charge is 0.360 e. The van der Waals surface area contributed by atoms with Crippen LogP contribution in [0.5, 0.6) is 0 Å². The van der Waals surface area contributed by atoms with Gasteiger partial charge in [0.1, 0.15) is 28.4 Å². The Bertz CT molecular complexity index is 1530. The van der Waals surface area contributed by atoms with Crippen molar-refractivity contribution < 1.29 is 9.32 Å². The molecule has 0 bridgehead atoms. The molecule has 3 heterocycles. The predicted molar refractivity (Wildman–Crippen MR) is 130 cm³/mol. The van der Waals surface area contributed by atoms with Crippen molar-refractivity contribution in [2.45, 2.75) is 30.7 Å². The SMILES string of the molecule is Cc1nc2ncnn2c(Sc2ccc(NC(=O)c3c(-c4ccccc4Cl)noc3C)cc2)c1C. The number of nitrogens with one attached hydrogen (secondary N) is 1. The number of aryl methyl sites for hydroxylation is 2. The molecular weight excluding hydrogens is 472 g/mol. The summed E-state index contributed by atoms with van der Waals surface area (Å²) in [5.74, 6) is 0.659. The Morgan fingerprint density at radius 2 is 1.85 bits per heavy atom. The quantitative estimate of drug-likeness (QED) is 0.312. The average molecular weight is 491 g/mol. The Hall–Kier alpha value is -3.69. The first-order chi connectivity index (χ1) is 16.4. The number of carbonyl (C=O) groups excluding carboxylic acids is 1. The first-order valence-corrected chi connectivity index (χ1v) is 11.6. The van der Waals surface area contributed by atoms with E-state index in [1.54, 1.807) is 35.3 Å². The van der Waals surface area contributed by atoms with E-state index in [0.717, 1.165) is 21.2 Å². The monoisotopic (exact) mass is 490 g/mol. The number of rotatable bonds is 5. The van der Waals surface area contributed by atoms with Crippen molar-refractivity contribution in [2.24, 2.45) is 0 Å². The summed E-state index contributed by atoms with van der Waals surface area (Å²) in [7, 11) is 0. The summed E-state index contributed by atoms with van der Waals surface area (Å²) < 4.78 is 7.04. The second-order valence-electron chi connectivity index (χ2n) is 7.62. The molecule has 0 spiro atoms. The summed E-state index contributed by atoms with van der Waals surface area (Å²) in [6.45, 7) is 5.67. The highest BCUT2D eigenvalue weighted by atomic mass is 35.5. The van der Waals surface area contributed by atoms with Crippen molar-refractivity contribution in [3.05, 3.63) is 82.5 Å². The maximum Gasteiger partial charge on any atom is 0.261 e. The van der Waals surface area contributed by atoms with Crippen molar-refractivity contribution in [2.75, 3.05) is 5.32 Å². The van der Waals surface area contributed by atoms with E-state index in [1.807, 2.05) is 50.2 Å². The second kappa shape index (κ2) is 8.92. The molecule has 3 aromatic heterocycles. The second-order valence-corrected chi connectivity index (χ2v) is 9.09. The smallest absolute Gasteiger partial charge is 0.261 e. The van der Waals surface area contributed by atoms with Crippen LogP contribution in [-0.4, -0.2) is 30.6 Å². The fourth-order valence-electron chi connectivity index (χ4n) is 3.51. The van der Waals surface area contributed by atoms with Crippen LogP contribution in [0.2, 0.25) is 5.02 Å². The van der Waals surface area contributed by atoms with E-state index < -0.39 is 0 Å². The fraction of sp³-hybridized carbons (Fsp3) is 0.125. The van der Waals surface area contributed by atoms with Crippen LogP contribution in [0, 0.1) is 20.8 Å². The van der Waals surface area contributed by atoms with Gasteiger partial charge in [-0.2, -0.15) is 14.6 Å². The van der Waals surface area contributed by atoms with Gasteiger partial charge in [0, 0.05) is 27.4 Å². The van der Waals surface area contributed by atoms with E-state index in [4.69, 9.17) is 16.1 Å². The minimum Gasteiger partial charge on any atom is -0.360 e. The minimum atomic E-state index is -0.320. The van der Waals surface area contributed by atoms with Gasteiger partial charge in [0.2, 0.25) is 0 Å². The molecule has 170 valence electrons. The Kier molecular flexibility index (Phi) is 5.80. The highest BCUT2D eigenvalue weighted by molar-refractivity contribution is 7.99. The molecule has 0 atom stereocenters. The first-order valence-electron chi connectivity index (χ1n) is 10.4. The Morgan fingerprint density at radius 1 is 1.09 bits per heavy atom. The maximum absolute atomic E-state index is 13.1. The molecule has 0 aliphatic heterocycles. The van der Waals surface area contributed by atoms with Crippen LogP contribution in [0.15, 0.2) is 69.3 Å². The van der Waals surface area contributed by atoms with E-state index in [0.29, 0.717) is 39.1 Å². The molecule has 5 rings (SSSR count). The zero-order valence-corrected chi connectivity index (χ0v) is 20.1. The topological polar surface area (TPSA) is 98.2 Å². The molecule has 8 nitrogen and oxygen atoms in total. The number of carbonyl (C=O) groups is 1. The number of amides is 1. The molecule has 10 heteroatoms. The van der Waals surface area contributed by atoms with Gasteiger partial charge < -0.3 is 9.84 Å². The van der Waals surface area contributed by atoms with Crippen molar-refractivity contribution in [1.29, 1.82) is 0 Å². The summed E-state index contributed by atoms with van der Waals surface area (Å²) in [4.78, 5) is 22.7. The predicted octanol–water partition coefficient (Wildman–Crippen LogP) is 5.76. The Labute approximate surface area is 204 Å². The summed E-state index contributed by atoms with van der Waals surface area (Å²) in [6, 6.07) is 14.8. The standard InChI is InChI=1S/C24H19ClN6O2S/c1-13-14(2)28-24-26-12-27-31(24)23(13)34-17-10-8-16(9-11-17)29-22(32)20-15(3)33-30-21(20)18-6-4-5-7-19(18)25/h4-12H,1-3H3,(H,29,32). The van der Waals surface area contributed by atoms with Gasteiger partial charge in [0.25, 0.3) is 11.7 Å². The third kappa shape index (κ3) is 4.04. The minimum absolute atomic E-state index is 0.320. The highest BCUT2D eigenvalue weighted by Gasteiger charge is 2.23. The molecule has 0 radical (unpaired) electrons. The van der Waals surface area contributed by atoms with Gasteiger partial charge in [-0.15, -0.1) is 0 Å². The van der Waals surface area contributed by atoms with Crippen LogP contribution in [-0.2, 0) is 0 Å². The van der Waals surface area contributed by atoms with Crippen molar-refractivity contribution in [3.63, 3.8) is 0 Å². The first kappa shape index (κ1) is 22.1. The Balaban J connectivity index is 1.38. The fourth-order valence-corrected chi connectivity index (χ4v) is 4.75. The van der Waals surface area contributed by atoms with Crippen molar-refractivity contribution in [3.8, 4) is 11.3 Å². The lowest BCUT2D eigenvalue weighted by molar-refractivity contribution is 0.102. The normalized spacial score (nSPS) is 11.2. The number of anilines is 1. The van der Waals surface area contributed by atoms with Crippen LogP contribution in [0.25, 0.3) is 17.0 Å². The van der Waals surface area contributed by atoms with Crippen LogP contribution in [0.1, 0.15) is 27.4 Å². The van der Waals surface area contributed by atoms with Gasteiger partial charge in [-0.25, -0.2) is 4.98 Å². The third-order valence-electron chi connectivity index (χ3n) is 5.40. The third-order valence-corrected chi connectivity index (χ3v) is 6.91. The molecule has 1 N–H and O–H groups in total. The molecule has 0 unspecified atom stereocenters. The zero-order chi connectivity index (χ0) is 23.8. The number of hydrogen-bond acceptors (Lipinski definition) is 7.